The molecule has 3 nitrogen and oxygen atoms in total. The van der Waals surface area contributed by atoms with Crippen LogP contribution in [0.1, 0.15) is 24.5 Å². The topological polar surface area (TPSA) is 29.5 Å². The van der Waals surface area contributed by atoms with Crippen LogP contribution >= 0.6 is 24.0 Å². The van der Waals surface area contributed by atoms with Crippen LogP contribution in [0.3, 0.4) is 0 Å². The van der Waals surface area contributed by atoms with E-state index in [4.69, 9.17) is 17.0 Å². The number of thiocarbonyl (C=S) groups is 1. The lowest BCUT2D eigenvalue weighted by molar-refractivity contribution is -0.122. The Morgan fingerprint density at radius 1 is 1.03 bits per heavy atom. The SMILES string of the molecule is CCCOc1ccc2ccccc2c1/C=C1/SC(=S)N(Cc2ccccc2)C1=O. The van der Waals surface area contributed by atoms with Gasteiger partial charge in [0.1, 0.15) is 10.1 Å². The molecular formula is C24H21NO2S2. The lowest BCUT2D eigenvalue weighted by Crippen LogP contribution is -2.27. The molecule has 1 amide bonds. The summed E-state index contributed by atoms with van der Waals surface area (Å²) in [6.45, 7) is 3.20. The van der Waals surface area contributed by atoms with Crippen molar-refractivity contribution in [3.8, 4) is 5.75 Å². The standard InChI is InChI=1S/C24H21NO2S2/c1-2-14-27-21-13-12-18-10-6-7-11-19(18)20(21)15-22-23(26)25(24(28)29-22)16-17-8-4-3-5-9-17/h3-13,15H,2,14,16H2,1H3/b22-15+. The first kappa shape index (κ1) is 19.7. The van der Waals surface area contributed by atoms with Crippen molar-refractivity contribution in [2.24, 2.45) is 0 Å². The molecule has 1 aliphatic rings. The van der Waals surface area contributed by atoms with Crippen molar-refractivity contribution in [1.82, 2.24) is 4.90 Å². The number of amides is 1. The Labute approximate surface area is 180 Å². The van der Waals surface area contributed by atoms with Gasteiger partial charge < -0.3 is 4.74 Å². The van der Waals surface area contributed by atoms with E-state index in [0.717, 1.165) is 34.1 Å². The summed E-state index contributed by atoms with van der Waals surface area (Å²) in [6.07, 6.45) is 2.85. The molecule has 0 bridgehead atoms. The molecule has 0 N–H and O–H groups in total. The zero-order valence-corrected chi connectivity index (χ0v) is 17.8. The van der Waals surface area contributed by atoms with Gasteiger partial charge in [0, 0.05) is 5.56 Å². The molecule has 0 radical (unpaired) electrons. The fraction of sp³-hybridized carbons (Fsp3) is 0.167. The van der Waals surface area contributed by atoms with Gasteiger partial charge in [-0.15, -0.1) is 0 Å². The summed E-state index contributed by atoms with van der Waals surface area (Å²) >= 11 is 6.86. The molecule has 3 aromatic carbocycles. The second kappa shape index (κ2) is 8.80. The van der Waals surface area contributed by atoms with Crippen molar-refractivity contribution in [2.45, 2.75) is 19.9 Å². The quantitative estimate of drug-likeness (QED) is 0.360. The monoisotopic (exact) mass is 419 g/mol. The molecule has 0 unspecified atom stereocenters. The summed E-state index contributed by atoms with van der Waals surface area (Å²) in [5.74, 6) is 0.733. The number of nitrogens with zero attached hydrogens (tertiary/aromatic N) is 1. The van der Waals surface area contributed by atoms with E-state index in [1.807, 2.05) is 54.6 Å². The maximum atomic E-state index is 13.1. The Morgan fingerprint density at radius 3 is 2.59 bits per heavy atom. The third-order valence-corrected chi connectivity index (χ3v) is 6.10. The predicted molar refractivity (Wildman–Crippen MR) is 125 cm³/mol. The summed E-state index contributed by atoms with van der Waals surface area (Å²) in [7, 11) is 0. The number of fused-ring (bicyclic) bond motifs is 1. The minimum atomic E-state index is -0.0572. The molecule has 0 aromatic heterocycles. The Balaban J connectivity index is 1.71. The Morgan fingerprint density at radius 2 is 1.79 bits per heavy atom. The van der Waals surface area contributed by atoms with Gasteiger partial charge in [0.15, 0.2) is 0 Å². The van der Waals surface area contributed by atoms with E-state index in [2.05, 4.69) is 25.1 Å². The first-order valence-electron chi connectivity index (χ1n) is 9.61. The van der Waals surface area contributed by atoms with Gasteiger partial charge in [-0.3, -0.25) is 9.69 Å². The fourth-order valence-corrected chi connectivity index (χ4v) is 4.53. The number of hydrogen-bond donors (Lipinski definition) is 0. The van der Waals surface area contributed by atoms with Gasteiger partial charge in [-0.25, -0.2) is 0 Å². The molecule has 0 spiro atoms. The second-order valence-electron chi connectivity index (χ2n) is 6.80. The number of thioether (sulfide) groups is 1. The number of benzene rings is 3. The Hall–Kier alpha value is -2.63. The smallest absolute Gasteiger partial charge is 0.266 e. The summed E-state index contributed by atoms with van der Waals surface area (Å²) in [6, 6.07) is 22.1. The summed E-state index contributed by atoms with van der Waals surface area (Å²) in [5, 5.41) is 2.18. The van der Waals surface area contributed by atoms with Crippen molar-refractivity contribution in [3.63, 3.8) is 0 Å². The second-order valence-corrected chi connectivity index (χ2v) is 8.48. The molecule has 0 atom stereocenters. The van der Waals surface area contributed by atoms with E-state index in [9.17, 15) is 4.79 Å². The van der Waals surface area contributed by atoms with Crippen LogP contribution in [0.5, 0.6) is 5.75 Å². The first-order valence-corrected chi connectivity index (χ1v) is 10.8. The molecule has 3 aromatic rings. The first-order chi connectivity index (χ1) is 14.2. The lowest BCUT2D eigenvalue weighted by Gasteiger charge is -2.14. The molecule has 4 rings (SSSR count). The summed E-state index contributed by atoms with van der Waals surface area (Å²) in [5.41, 5.74) is 1.99. The van der Waals surface area contributed by atoms with Gasteiger partial charge in [-0.2, -0.15) is 0 Å². The highest BCUT2D eigenvalue weighted by Crippen LogP contribution is 2.37. The zero-order chi connectivity index (χ0) is 20.2. The van der Waals surface area contributed by atoms with Crippen molar-refractivity contribution < 1.29 is 9.53 Å². The van der Waals surface area contributed by atoms with Crippen LogP contribution < -0.4 is 4.74 Å². The number of carbonyl (C=O) groups is 1. The van der Waals surface area contributed by atoms with Gasteiger partial charge in [-0.05, 0) is 34.9 Å². The van der Waals surface area contributed by atoms with Gasteiger partial charge >= 0.3 is 0 Å². The molecule has 1 fully saturated rings. The summed E-state index contributed by atoms with van der Waals surface area (Å²) < 4.78 is 6.56. The van der Waals surface area contributed by atoms with Crippen LogP contribution in [-0.4, -0.2) is 21.7 Å². The van der Waals surface area contributed by atoms with Crippen molar-refractivity contribution in [3.05, 3.63) is 82.8 Å². The van der Waals surface area contributed by atoms with Gasteiger partial charge in [0.2, 0.25) is 0 Å². The van der Waals surface area contributed by atoms with Crippen LogP contribution in [0.4, 0.5) is 0 Å². The van der Waals surface area contributed by atoms with Crippen LogP contribution in [0.2, 0.25) is 0 Å². The maximum absolute atomic E-state index is 13.1. The van der Waals surface area contributed by atoms with E-state index >= 15 is 0 Å². The predicted octanol–water partition coefficient (Wildman–Crippen LogP) is 6.03. The van der Waals surface area contributed by atoms with E-state index in [1.54, 1.807) is 4.90 Å². The highest BCUT2D eigenvalue weighted by Gasteiger charge is 2.32. The van der Waals surface area contributed by atoms with Crippen molar-refractivity contribution in [2.75, 3.05) is 6.61 Å². The Kier molecular flexibility index (Phi) is 5.97. The average molecular weight is 420 g/mol. The molecule has 1 saturated heterocycles. The third-order valence-electron chi connectivity index (χ3n) is 4.72. The normalized spacial score (nSPS) is 15.5. The molecule has 29 heavy (non-hydrogen) atoms. The Bertz CT molecular complexity index is 1090. The molecule has 0 aliphatic carbocycles. The molecule has 1 heterocycles. The van der Waals surface area contributed by atoms with Crippen molar-refractivity contribution >= 4 is 51.1 Å². The number of hydrogen-bond acceptors (Lipinski definition) is 4. The van der Waals surface area contributed by atoms with Gasteiger partial charge in [-0.1, -0.05) is 91.6 Å². The molecule has 5 heteroatoms. The van der Waals surface area contributed by atoms with Crippen molar-refractivity contribution in [1.29, 1.82) is 0 Å². The third kappa shape index (κ3) is 4.21. The van der Waals surface area contributed by atoms with Gasteiger partial charge in [0.25, 0.3) is 5.91 Å². The molecule has 0 saturated carbocycles. The van der Waals surface area contributed by atoms with E-state index in [1.165, 1.54) is 11.8 Å². The maximum Gasteiger partial charge on any atom is 0.266 e. The highest BCUT2D eigenvalue weighted by atomic mass is 32.2. The molecule has 146 valence electrons. The minimum absolute atomic E-state index is 0.0572. The van der Waals surface area contributed by atoms with Crippen LogP contribution in [0, 0.1) is 0 Å². The summed E-state index contributed by atoms with van der Waals surface area (Å²) in [4.78, 5) is 15.4. The number of ether oxygens (including phenoxy) is 1. The molecular weight excluding hydrogens is 398 g/mol. The minimum Gasteiger partial charge on any atom is -0.493 e. The largest absolute Gasteiger partial charge is 0.493 e. The van der Waals surface area contributed by atoms with E-state index in [0.29, 0.717) is 22.4 Å². The zero-order valence-electron chi connectivity index (χ0n) is 16.1. The molecule has 1 aliphatic heterocycles. The fourth-order valence-electron chi connectivity index (χ4n) is 3.30. The van der Waals surface area contributed by atoms with Crippen LogP contribution in [0.15, 0.2) is 71.6 Å². The van der Waals surface area contributed by atoms with Crippen LogP contribution in [0.25, 0.3) is 16.8 Å². The van der Waals surface area contributed by atoms with E-state index in [-0.39, 0.29) is 5.91 Å². The average Bonchev–Trinajstić information content (AvgIpc) is 3.01. The van der Waals surface area contributed by atoms with Gasteiger partial charge in [0.05, 0.1) is 18.1 Å². The lowest BCUT2D eigenvalue weighted by atomic mass is 10.0. The van der Waals surface area contributed by atoms with Crippen LogP contribution in [-0.2, 0) is 11.3 Å². The van der Waals surface area contributed by atoms with E-state index < -0.39 is 0 Å². The highest BCUT2D eigenvalue weighted by molar-refractivity contribution is 8.26. The number of carbonyl (C=O) groups excluding carboxylic acids is 1. The number of rotatable bonds is 6.